The van der Waals surface area contributed by atoms with Gasteiger partial charge in [-0.15, -0.1) is 0 Å². The number of benzene rings is 1. The highest BCUT2D eigenvalue weighted by molar-refractivity contribution is 5.90. The molecular weight excluding hydrogens is 252 g/mol. The molecular formula is C16H18N2O2. The van der Waals surface area contributed by atoms with Gasteiger partial charge in [-0.3, -0.25) is 0 Å². The Hall–Kier alpha value is -2.23. The maximum absolute atomic E-state index is 11.1. The molecule has 2 aromatic rings. The number of nitrogens with zero attached hydrogens (tertiary/aromatic N) is 2. The lowest BCUT2D eigenvalue weighted by Gasteiger charge is -2.09. The molecule has 0 saturated heterocycles. The van der Waals surface area contributed by atoms with Crippen LogP contribution in [0.5, 0.6) is 0 Å². The highest BCUT2D eigenvalue weighted by atomic mass is 16.4. The Labute approximate surface area is 118 Å². The Balaban J connectivity index is 2.46. The number of hydrogen-bond acceptors (Lipinski definition) is 3. The van der Waals surface area contributed by atoms with E-state index in [0.29, 0.717) is 23.1 Å². The fourth-order valence-corrected chi connectivity index (χ4v) is 2.17. The third-order valence-electron chi connectivity index (χ3n) is 3.32. The lowest BCUT2D eigenvalue weighted by atomic mass is 10.0. The van der Waals surface area contributed by atoms with Crippen LogP contribution in [0.3, 0.4) is 0 Å². The predicted octanol–water partition coefficient (Wildman–Crippen LogP) is 3.58. The summed E-state index contributed by atoms with van der Waals surface area (Å²) in [4.78, 5) is 19.7. The standard InChI is InChI=1S/C16H18N2O2/c1-9(2)12-5-7-13(8-6-12)15-17-10(3)14(16(19)20)11(4)18-15/h5-9H,1-4H3,(H,19,20). The first-order valence-electron chi connectivity index (χ1n) is 6.59. The molecule has 1 N–H and O–H groups in total. The highest BCUT2D eigenvalue weighted by Crippen LogP contribution is 2.22. The van der Waals surface area contributed by atoms with Crippen LogP contribution in [0.25, 0.3) is 11.4 Å². The number of carboxylic acids is 1. The van der Waals surface area contributed by atoms with E-state index in [0.717, 1.165) is 5.56 Å². The molecule has 0 spiro atoms. The van der Waals surface area contributed by atoms with E-state index in [9.17, 15) is 4.79 Å². The number of aromatic carboxylic acids is 1. The molecule has 4 nitrogen and oxygen atoms in total. The molecule has 0 fully saturated rings. The summed E-state index contributed by atoms with van der Waals surface area (Å²) in [5.74, 6) is 0.0600. The summed E-state index contributed by atoms with van der Waals surface area (Å²) >= 11 is 0. The molecule has 0 aliphatic heterocycles. The van der Waals surface area contributed by atoms with E-state index >= 15 is 0 Å². The molecule has 0 atom stereocenters. The van der Waals surface area contributed by atoms with Gasteiger partial charge in [-0.1, -0.05) is 38.1 Å². The van der Waals surface area contributed by atoms with E-state index in [1.54, 1.807) is 13.8 Å². The van der Waals surface area contributed by atoms with Gasteiger partial charge in [-0.2, -0.15) is 0 Å². The minimum absolute atomic E-state index is 0.188. The van der Waals surface area contributed by atoms with Gasteiger partial charge >= 0.3 is 5.97 Å². The zero-order valence-corrected chi connectivity index (χ0v) is 12.1. The minimum Gasteiger partial charge on any atom is -0.478 e. The average molecular weight is 270 g/mol. The van der Waals surface area contributed by atoms with Gasteiger partial charge in [0.15, 0.2) is 5.82 Å². The lowest BCUT2D eigenvalue weighted by molar-refractivity contribution is 0.0694. The van der Waals surface area contributed by atoms with E-state index in [1.165, 1.54) is 5.56 Å². The Morgan fingerprint density at radius 3 is 1.95 bits per heavy atom. The first-order valence-corrected chi connectivity index (χ1v) is 6.59. The number of aryl methyl sites for hydroxylation is 2. The molecule has 0 amide bonds. The van der Waals surface area contributed by atoms with Gasteiger partial charge in [0.2, 0.25) is 0 Å². The van der Waals surface area contributed by atoms with Crippen LogP contribution in [-0.2, 0) is 0 Å². The average Bonchev–Trinajstić information content (AvgIpc) is 2.37. The molecule has 0 bridgehead atoms. The Morgan fingerprint density at radius 1 is 1.05 bits per heavy atom. The molecule has 20 heavy (non-hydrogen) atoms. The van der Waals surface area contributed by atoms with Crippen molar-refractivity contribution in [1.29, 1.82) is 0 Å². The van der Waals surface area contributed by atoms with E-state index in [1.807, 2.05) is 12.1 Å². The summed E-state index contributed by atoms with van der Waals surface area (Å²) in [6.45, 7) is 7.68. The van der Waals surface area contributed by atoms with Gasteiger partial charge in [0.05, 0.1) is 11.4 Å². The van der Waals surface area contributed by atoms with Crippen LogP contribution in [0.2, 0.25) is 0 Å². The largest absolute Gasteiger partial charge is 0.478 e. The molecule has 1 aromatic carbocycles. The minimum atomic E-state index is -0.985. The molecule has 0 radical (unpaired) electrons. The van der Waals surface area contributed by atoms with Crippen molar-refractivity contribution in [2.75, 3.05) is 0 Å². The second-order valence-electron chi connectivity index (χ2n) is 5.17. The number of carbonyl (C=O) groups is 1. The SMILES string of the molecule is Cc1nc(-c2ccc(C(C)C)cc2)nc(C)c1C(=O)O. The number of rotatable bonds is 3. The fourth-order valence-electron chi connectivity index (χ4n) is 2.17. The van der Waals surface area contributed by atoms with Crippen LogP contribution in [-0.4, -0.2) is 21.0 Å². The fraction of sp³-hybridized carbons (Fsp3) is 0.312. The molecule has 1 aromatic heterocycles. The zero-order valence-electron chi connectivity index (χ0n) is 12.1. The molecule has 2 rings (SSSR count). The Kier molecular flexibility index (Phi) is 3.84. The normalized spacial score (nSPS) is 10.8. The summed E-state index contributed by atoms with van der Waals surface area (Å²) in [6.07, 6.45) is 0. The smallest absolute Gasteiger partial charge is 0.339 e. The van der Waals surface area contributed by atoms with Crippen LogP contribution in [0, 0.1) is 13.8 Å². The van der Waals surface area contributed by atoms with Crippen molar-refractivity contribution in [3.05, 3.63) is 46.8 Å². The second kappa shape index (κ2) is 5.41. The molecule has 0 unspecified atom stereocenters. The molecule has 0 saturated carbocycles. The lowest BCUT2D eigenvalue weighted by Crippen LogP contribution is -2.08. The van der Waals surface area contributed by atoms with E-state index in [2.05, 4.69) is 35.9 Å². The van der Waals surface area contributed by atoms with E-state index in [4.69, 9.17) is 5.11 Å². The van der Waals surface area contributed by atoms with Crippen LogP contribution in [0.4, 0.5) is 0 Å². The first-order chi connectivity index (χ1) is 9.40. The van der Waals surface area contributed by atoms with Crippen molar-refractivity contribution in [1.82, 2.24) is 9.97 Å². The van der Waals surface area contributed by atoms with Crippen LogP contribution in [0.15, 0.2) is 24.3 Å². The summed E-state index contributed by atoms with van der Waals surface area (Å²) in [6, 6.07) is 8.06. The second-order valence-corrected chi connectivity index (χ2v) is 5.17. The van der Waals surface area contributed by atoms with E-state index in [-0.39, 0.29) is 5.56 Å². The van der Waals surface area contributed by atoms with Gasteiger partial charge in [0.25, 0.3) is 0 Å². The monoisotopic (exact) mass is 270 g/mol. The van der Waals surface area contributed by atoms with Crippen LogP contribution >= 0.6 is 0 Å². The zero-order chi connectivity index (χ0) is 14.9. The van der Waals surface area contributed by atoms with Gasteiger partial charge < -0.3 is 5.11 Å². The maximum atomic E-state index is 11.1. The maximum Gasteiger partial charge on any atom is 0.339 e. The number of carboxylic acid groups (broad SMARTS) is 1. The summed E-state index contributed by atoms with van der Waals surface area (Å²) in [7, 11) is 0. The van der Waals surface area contributed by atoms with Crippen molar-refractivity contribution in [3.8, 4) is 11.4 Å². The summed E-state index contributed by atoms with van der Waals surface area (Å²) in [5.41, 5.74) is 3.33. The van der Waals surface area contributed by atoms with Crippen molar-refractivity contribution >= 4 is 5.97 Å². The third-order valence-corrected chi connectivity index (χ3v) is 3.32. The van der Waals surface area contributed by atoms with Crippen molar-refractivity contribution < 1.29 is 9.90 Å². The van der Waals surface area contributed by atoms with Crippen molar-refractivity contribution in [2.45, 2.75) is 33.6 Å². The quantitative estimate of drug-likeness (QED) is 0.925. The highest BCUT2D eigenvalue weighted by Gasteiger charge is 2.15. The third kappa shape index (κ3) is 2.69. The molecule has 1 heterocycles. The van der Waals surface area contributed by atoms with Crippen LogP contribution < -0.4 is 0 Å². The number of hydrogen-bond donors (Lipinski definition) is 1. The number of aromatic nitrogens is 2. The summed E-state index contributed by atoms with van der Waals surface area (Å²) in [5, 5.41) is 9.13. The van der Waals surface area contributed by atoms with Gasteiger partial charge in [0.1, 0.15) is 5.56 Å². The topological polar surface area (TPSA) is 63.1 Å². The predicted molar refractivity (Wildman–Crippen MR) is 78.0 cm³/mol. The Morgan fingerprint density at radius 2 is 1.55 bits per heavy atom. The first kappa shape index (κ1) is 14.2. The summed E-state index contributed by atoms with van der Waals surface area (Å²) < 4.78 is 0. The van der Waals surface area contributed by atoms with Crippen molar-refractivity contribution in [2.24, 2.45) is 0 Å². The van der Waals surface area contributed by atoms with Gasteiger partial charge in [0, 0.05) is 5.56 Å². The molecule has 4 heteroatoms. The van der Waals surface area contributed by atoms with Gasteiger partial charge in [-0.05, 0) is 25.3 Å². The van der Waals surface area contributed by atoms with Gasteiger partial charge in [-0.25, -0.2) is 14.8 Å². The van der Waals surface area contributed by atoms with E-state index < -0.39 is 5.97 Å². The van der Waals surface area contributed by atoms with Crippen LogP contribution in [0.1, 0.15) is 47.1 Å². The molecule has 0 aliphatic rings. The molecule has 0 aliphatic carbocycles. The van der Waals surface area contributed by atoms with Crippen molar-refractivity contribution in [3.63, 3.8) is 0 Å². The molecule has 104 valence electrons. The Bertz CT molecular complexity index is 623.